The van der Waals surface area contributed by atoms with Gasteiger partial charge in [0.2, 0.25) is 10.0 Å². The topological polar surface area (TPSA) is 70.2 Å². The van der Waals surface area contributed by atoms with Crippen LogP contribution < -0.4 is 0 Å². The molecule has 1 aromatic carbocycles. The minimum atomic E-state index is -3.73. The Morgan fingerprint density at radius 2 is 1.80 bits per heavy atom. The number of carbonyl (C=O) groups excluding carboxylic acids is 1. The second-order valence-corrected chi connectivity index (χ2v) is 11.2. The maximum absolute atomic E-state index is 13.6. The van der Waals surface area contributed by atoms with Crippen LogP contribution in [0, 0.1) is 5.92 Å². The second kappa shape index (κ2) is 8.31. The van der Waals surface area contributed by atoms with Gasteiger partial charge in [-0.15, -0.1) is 0 Å². The summed E-state index contributed by atoms with van der Waals surface area (Å²) in [4.78, 5) is 16.3. The van der Waals surface area contributed by atoms with Gasteiger partial charge in [0.15, 0.2) is 5.78 Å². The molecule has 30 heavy (non-hydrogen) atoms. The first kappa shape index (κ1) is 21.9. The largest absolute Gasteiger partial charge is 0.353 e. The van der Waals surface area contributed by atoms with E-state index in [2.05, 4.69) is 4.90 Å². The van der Waals surface area contributed by atoms with Crippen LogP contribution in [0.2, 0.25) is 0 Å². The molecule has 0 N–H and O–H groups in total. The van der Waals surface area contributed by atoms with Gasteiger partial charge in [-0.05, 0) is 51.9 Å². The minimum absolute atomic E-state index is 0.0750. The summed E-state index contributed by atoms with van der Waals surface area (Å²) in [7, 11) is 0.230. The Morgan fingerprint density at radius 3 is 2.33 bits per heavy atom. The molecule has 2 heterocycles. The van der Waals surface area contributed by atoms with Gasteiger partial charge in [0.1, 0.15) is 5.72 Å². The van der Waals surface area contributed by atoms with E-state index in [-0.39, 0.29) is 16.8 Å². The van der Waals surface area contributed by atoms with Crippen molar-refractivity contribution in [1.29, 1.82) is 0 Å². The highest BCUT2D eigenvalue weighted by atomic mass is 32.2. The molecule has 1 saturated carbocycles. The second-order valence-electron chi connectivity index (χ2n) is 9.31. The summed E-state index contributed by atoms with van der Waals surface area (Å²) in [5, 5.41) is 0. The van der Waals surface area contributed by atoms with Crippen molar-refractivity contribution >= 4 is 15.8 Å². The molecule has 0 aromatic heterocycles. The van der Waals surface area contributed by atoms with Crippen molar-refractivity contribution in [2.45, 2.75) is 49.3 Å². The van der Waals surface area contributed by atoms with E-state index < -0.39 is 15.7 Å². The summed E-state index contributed by atoms with van der Waals surface area (Å²) in [6.07, 6.45) is 3.86. The molecule has 2 saturated heterocycles. The van der Waals surface area contributed by atoms with Crippen LogP contribution in [-0.2, 0) is 14.8 Å². The molecule has 2 aliphatic heterocycles. The van der Waals surface area contributed by atoms with E-state index >= 15 is 0 Å². The van der Waals surface area contributed by atoms with Gasteiger partial charge in [-0.2, -0.15) is 4.31 Å². The van der Waals surface area contributed by atoms with Crippen molar-refractivity contribution in [3.63, 3.8) is 0 Å². The average Bonchev–Trinajstić information content (AvgIpc) is 3.44. The first-order chi connectivity index (χ1) is 14.2. The third kappa shape index (κ3) is 4.48. The molecule has 3 fully saturated rings. The normalized spacial score (nSPS) is 25.3. The first-order valence-electron chi connectivity index (χ1n) is 10.9. The molecule has 0 amide bonds. The van der Waals surface area contributed by atoms with E-state index in [4.69, 9.17) is 4.74 Å². The Morgan fingerprint density at radius 1 is 1.17 bits per heavy atom. The monoisotopic (exact) mass is 435 g/mol. The smallest absolute Gasteiger partial charge is 0.245 e. The van der Waals surface area contributed by atoms with Gasteiger partial charge in [0.25, 0.3) is 0 Å². The van der Waals surface area contributed by atoms with Crippen molar-refractivity contribution in [2.24, 2.45) is 5.92 Å². The molecular weight excluding hydrogens is 402 g/mol. The number of hydrogen-bond acceptors (Lipinski definition) is 6. The van der Waals surface area contributed by atoms with Crippen LogP contribution in [0.3, 0.4) is 0 Å². The average molecular weight is 436 g/mol. The standard InChI is InChI=1S/C22H33N3O4S/c1-17(26)19-6-8-21(9-7-19)30(27,28)25-16-20(15-23(2)3)29-22(25)10-12-24(13-11-22)14-18-4-5-18/h6-9,18,20H,4-5,10-16H2,1-3H3. The highest BCUT2D eigenvalue weighted by Gasteiger charge is 2.53. The Bertz CT molecular complexity index is 872. The predicted octanol–water partition coefficient (Wildman–Crippen LogP) is 2.04. The summed E-state index contributed by atoms with van der Waals surface area (Å²) in [5.41, 5.74) is -0.265. The third-order valence-corrected chi connectivity index (χ3v) is 8.41. The molecule has 8 heteroatoms. The van der Waals surface area contributed by atoms with E-state index in [9.17, 15) is 13.2 Å². The van der Waals surface area contributed by atoms with Crippen LogP contribution >= 0.6 is 0 Å². The molecule has 4 rings (SSSR count). The number of likely N-dealkylation sites (N-methyl/N-ethyl adjacent to an activating group) is 1. The molecule has 166 valence electrons. The summed E-state index contributed by atoms with van der Waals surface area (Å²) in [6, 6.07) is 6.27. The molecule has 7 nitrogen and oxygen atoms in total. The number of sulfonamides is 1. The van der Waals surface area contributed by atoms with E-state index in [1.165, 1.54) is 19.8 Å². The molecule has 1 unspecified atom stereocenters. The van der Waals surface area contributed by atoms with Crippen LogP contribution in [0.1, 0.15) is 43.0 Å². The van der Waals surface area contributed by atoms with Crippen LogP contribution in [0.4, 0.5) is 0 Å². The van der Waals surface area contributed by atoms with Crippen LogP contribution in [-0.4, -0.2) is 87.0 Å². The van der Waals surface area contributed by atoms with Crippen molar-refractivity contribution in [3.8, 4) is 0 Å². The lowest BCUT2D eigenvalue weighted by Crippen LogP contribution is -2.55. The minimum Gasteiger partial charge on any atom is -0.353 e. The van der Waals surface area contributed by atoms with Gasteiger partial charge < -0.3 is 14.5 Å². The zero-order valence-electron chi connectivity index (χ0n) is 18.2. The van der Waals surface area contributed by atoms with E-state index in [1.807, 2.05) is 19.0 Å². The summed E-state index contributed by atoms with van der Waals surface area (Å²) < 4.78 is 35.3. The molecule has 0 radical (unpaired) electrons. The van der Waals surface area contributed by atoms with Gasteiger partial charge in [-0.3, -0.25) is 4.79 Å². The number of rotatable bonds is 7. The number of Topliss-reactive ketones (excluding diaryl/α,β-unsaturated/α-hetero) is 1. The lowest BCUT2D eigenvalue weighted by Gasteiger charge is -2.43. The number of ether oxygens (including phenoxy) is 1. The summed E-state index contributed by atoms with van der Waals surface area (Å²) in [6.45, 7) is 5.37. The number of ketones is 1. The third-order valence-electron chi connectivity index (χ3n) is 6.48. The molecule has 1 atom stereocenters. The zero-order chi connectivity index (χ0) is 21.5. The fourth-order valence-electron chi connectivity index (χ4n) is 4.68. The molecule has 3 aliphatic rings. The highest BCUT2D eigenvalue weighted by Crippen LogP contribution is 2.41. The lowest BCUT2D eigenvalue weighted by atomic mass is 10.0. The fraction of sp³-hybridized carbons (Fsp3) is 0.682. The zero-order valence-corrected chi connectivity index (χ0v) is 19.0. The molecule has 1 aromatic rings. The number of hydrogen-bond donors (Lipinski definition) is 0. The number of benzene rings is 1. The Labute approximate surface area is 180 Å². The van der Waals surface area contributed by atoms with Gasteiger partial charge in [-0.1, -0.05) is 12.1 Å². The Kier molecular flexibility index (Phi) is 6.07. The van der Waals surface area contributed by atoms with Crippen molar-refractivity contribution in [1.82, 2.24) is 14.1 Å². The Balaban J connectivity index is 1.58. The number of carbonyl (C=O) groups is 1. The summed E-state index contributed by atoms with van der Waals surface area (Å²) in [5.74, 6) is 0.749. The van der Waals surface area contributed by atoms with Crippen molar-refractivity contribution in [2.75, 3.05) is 46.8 Å². The summed E-state index contributed by atoms with van der Waals surface area (Å²) >= 11 is 0. The van der Waals surface area contributed by atoms with Crippen molar-refractivity contribution in [3.05, 3.63) is 29.8 Å². The van der Waals surface area contributed by atoms with Gasteiger partial charge >= 0.3 is 0 Å². The van der Waals surface area contributed by atoms with Crippen LogP contribution in [0.15, 0.2) is 29.2 Å². The predicted molar refractivity (Wildman–Crippen MR) is 115 cm³/mol. The number of likely N-dealkylation sites (tertiary alicyclic amines) is 1. The first-order valence-corrected chi connectivity index (χ1v) is 12.3. The van der Waals surface area contributed by atoms with E-state index in [0.717, 1.165) is 25.6 Å². The van der Waals surface area contributed by atoms with Gasteiger partial charge in [-0.25, -0.2) is 8.42 Å². The lowest BCUT2D eigenvalue weighted by molar-refractivity contribution is -0.116. The molecule has 1 aliphatic carbocycles. The van der Waals surface area contributed by atoms with E-state index in [1.54, 1.807) is 28.6 Å². The maximum Gasteiger partial charge on any atom is 0.245 e. The highest BCUT2D eigenvalue weighted by molar-refractivity contribution is 7.89. The molecule has 1 spiro atoms. The molecule has 0 bridgehead atoms. The van der Waals surface area contributed by atoms with Crippen LogP contribution in [0.5, 0.6) is 0 Å². The fourth-order valence-corrected chi connectivity index (χ4v) is 6.44. The van der Waals surface area contributed by atoms with Gasteiger partial charge in [0.05, 0.1) is 11.0 Å². The van der Waals surface area contributed by atoms with Gasteiger partial charge in [0, 0.05) is 51.1 Å². The van der Waals surface area contributed by atoms with E-state index in [0.29, 0.717) is 31.5 Å². The SMILES string of the molecule is CC(=O)c1ccc(S(=O)(=O)N2CC(CN(C)C)OC23CCN(CC2CC2)CC3)cc1. The van der Waals surface area contributed by atoms with Crippen molar-refractivity contribution < 1.29 is 17.9 Å². The number of nitrogens with zero attached hydrogens (tertiary/aromatic N) is 3. The molecular formula is C22H33N3O4S. The maximum atomic E-state index is 13.6. The Hall–Kier alpha value is -1.32. The number of piperidine rings is 1. The van der Waals surface area contributed by atoms with Crippen LogP contribution in [0.25, 0.3) is 0 Å². The quantitative estimate of drug-likeness (QED) is 0.611.